The fourth-order valence-corrected chi connectivity index (χ4v) is 4.57. The number of anilines is 1. The van der Waals surface area contributed by atoms with Gasteiger partial charge in [-0.2, -0.15) is 4.80 Å². The summed E-state index contributed by atoms with van der Waals surface area (Å²) >= 11 is 0. The third-order valence-electron chi connectivity index (χ3n) is 6.44. The zero-order chi connectivity index (χ0) is 26.5. The predicted molar refractivity (Wildman–Crippen MR) is 134 cm³/mol. The fourth-order valence-electron chi connectivity index (χ4n) is 4.57. The molecule has 2 heterocycles. The largest absolute Gasteiger partial charge is 0.351 e. The third-order valence-corrected chi connectivity index (χ3v) is 6.44. The minimum absolute atomic E-state index is 0.0206. The van der Waals surface area contributed by atoms with Gasteiger partial charge in [-0.3, -0.25) is 19.5 Å². The van der Waals surface area contributed by atoms with Crippen LogP contribution in [0.3, 0.4) is 0 Å². The van der Waals surface area contributed by atoms with Crippen LogP contribution in [0.2, 0.25) is 0 Å². The van der Waals surface area contributed by atoms with Crippen molar-refractivity contribution in [1.29, 1.82) is 0 Å². The maximum Gasteiger partial charge on any atom is 0.251 e. The van der Waals surface area contributed by atoms with Crippen molar-refractivity contribution < 1.29 is 18.4 Å². The summed E-state index contributed by atoms with van der Waals surface area (Å²) in [7, 11) is 0. The molecule has 0 bridgehead atoms. The Bertz CT molecular complexity index is 1390. The zero-order valence-corrected chi connectivity index (χ0v) is 20.4. The summed E-state index contributed by atoms with van der Waals surface area (Å²) in [5.41, 5.74) is 1.41. The Morgan fingerprint density at radius 1 is 0.947 bits per heavy atom. The van der Waals surface area contributed by atoms with Crippen molar-refractivity contribution in [2.24, 2.45) is 0 Å². The van der Waals surface area contributed by atoms with E-state index in [1.807, 2.05) is 0 Å². The van der Waals surface area contributed by atoms with Gasteiger partial charge in [0.15, 0.2) is 0 Å². The van der Waals surface area contributed by atoms with E-state index in [-0.39, 0.29) is 24.3 Å². The van der Waals surface area contributed by atoms with Crippen LogP contribution in [0, 0.1) is 11.6 Å². The maximum atomic E-state index is 13.8. The Morgan fingerprint density at radius 2 is 1.58 bits per heavy atom. The Hall–Kier alpha value is -4.54. The summed E-state index contributed by atoms with van der Waals surface area (Å²) in [5, 5.41) is 15.3. The SMILES string of the molecule is O=C(NC1CCCC1)[C@@H](c1ccncc1)N(C(=O)Cn1nnc(-c2ccc(F)cc2)n1)c1ccc(F)cc1. The van der Waals surface area contributed by atoms with Crippen molar-refractivity contribution >= 4 is 17.5 Å². The topological polar surface area (TPSA) is 106 Å². The van der Waals surface area contributed by atoms with Crippen LogP contribution in [-0.4, -0.2) is 43.0 Å². The van der Waals surface area contributed by atoms with Gasteiger partial charge in [-0.05, 0) is 84.3 Å². The van der Waals surface area contributed by atoms with E-state index in [0.717, 1.165) is 30.5 Å². The highest BCUT2D eigenvalue weighted by Crippen LogP contribution is 2.29. The first-order valence-electron chi connectivity index (χ1n) is 12.3. The summed E-state index contributed by atoms with van der Waals surface area (Å²) in [6.45, 7) is -0.343. The van der Waals surface area contributed by atoms with E-state index < -0.39 is 23.6 Å². The van der Waals surface area contributed by atoms with E-state index in [2.05, 4.69) is 25.7 Å². The number of halogens is 2. The molecule has 1 N–H and O–H groups in total. The van der Waals surface area contributed by atoms with E-state index >= 15 is 0 Å². The lowest BCUT2D eigenvalue weighted by Crippen LogP contribution is -2.47. The smallest absolute Gasteiger partial charge is 0.251 e. The molecule has 0 spiro atoms. The molecule has 2 aromatic carbocycles. The van der Waals surface area contributed by atoms with Crippen LogP contribution in [0.4, 0.5) is 14.5 Å². The molecule has 5 rings (SSSR count). The van der Waals surface area contributed by atoms with Gasteiger partial charge in [0.05, 0.1) is 0 Å². The summed E-state index contributed by atoms with van der Waals surface area (Å²) in [4.78, 5) is 33.9. The summed E-state index contributed by atoms with van der Waals surface area (Å²) < 4.78 is 27.1. The standard InChI is InChI=1S/C27H25F2N7O2/c28-20-7-5-19(6-8-20)26-32-34-35(33-26)17-24(37)36(23-11-9-21(29)10-12-23)25(18-13-15-30-16-14-18)27(38)31-22-3-1-2-4-22/h5-16,22,25H,1-4,17H2,(H,31,38)/t25-/m1/s1. The van der Waals surface area contributed by atoms with Crippen LogP contribution in [0.5, 0.6) is 0 Å². The minimum Gasteiger partial charge on any atom is -0.351 e. The van der Waals surface area contributed by atoms with Crippen molar-refractivity contribution in [3.8, 4) is 11.4 Å². The van der Waals surface area contributed by atoms with E-state index in [9.17, 15) is 18.4 Å². The van der Waals surface area contributed by atoms with Gasteiger partial charge in [0, 0.05) is 29.7 Å². The molecule has 4 aromatic rings. The number of amides is 2. The van der Waals surface area contributed by atoms with Crippen molar-refractivity contribution in [2.75, 3.05) is 4.90 Å². The Balaban J connectivity index is 1.48. The van der Waals surface area contributed by atoms with Crippen LogP contribution in [0.15, 0.2) is 73.1 Å². The number of carbonyl (C=O) groups is 2. The number of rotatable bonds is 8. The third kappa shape index (κ3) is 5.72. The van der Waals surface area contributed by atoms with E-state index in [0.29, 0.717) is 16.8 Å². The molecule has 2 aromatic heterocycles. The first-order valence-corrected chi connectivity index (χ1v) is 12.3. The number of carbonyl (C=O) groups excluding carboxylic acids is 2. The number of hydrogen-bond donors (Lipinski definition) is 1. The van der Waals surface area contributed by atoms with E-state index in [1.165, 1.54) is 53.4 Å². The molecule has 0 saturated heterocycles. The molecule has 194 valence electrons. The zero-order valence-electron chi connectivity index (χ0n) is 20.4. The van der Waals surface area contributed by atoms with Gasteiger partial charge in [-0.25, -0.2) is 8.78 Å². The minimum atomic E-state index is -1.04. The van der Waals surface area contributed by atoms with E-state index in [1.54, 1.807) is 24.5 Å². The lowest BCUT2D eigenvalue weighted by molar-refractivity contribution is -0.127. The lowest BCUT2D eigenvalue weighted by Gasteiger charge is -2.32. The molecule has 1 aliphatic rings. The van der Waals surface area contributed by atoms with Crippen molar-refractivity contribution in [3.63, 3.8) is 0 Å². The fraction of sp³-hybridized carbons (Fsp3) is 0.259. The molecular formula is C27H25F2N7O2. The van der Waals surface area contributed by atoms with Gasteiger partial charge in [-0.15, -0.1) is 10.2 Å². The average molecular weight is 518 g/mol. The van der Waals surface area contributed by atoms with Gasteiger partial charge in [0.1, 0.15) is 24.2 Å². The number of aromatic nitrogens is 5. The molecule has 2 amide bonds. The molecule has 11 heteroatoms. The molecule has 9 nitrogen and oxygen atoms in total. The lowest BCUT2D eigenvalue weighted by atomic mass is 10.0. The molecule has 1 fully saturated rings. The molecule has 0 aliphatic heterocycles. The van der Waals surface area contributed by atoms with Crippen LogP contribution < -0.4 is 10.2 Å². The monoisotopic (exact) mass is 517 g/mol. The van der Waals surface area contributed by atoms with Gasteiger partial charge in [0.25, 0.3) is 5.91 Å². The number of nitrogens with zero attached hydrogens (tertiary/aromatic N) is 6. The number of hydrogen-bond acceptors (Lipinski definition) is 6. The molecule has 1 atom stereocenters. The molecule has 1 aliphatic carbocycles. The number of tetrazole rings is 1. The highest BCUT2D eigenvalue weighted by molar-refractivity contribution is 6.01. The summed E-state index contributed by atoms with van der Waals surface area (Å²) in [6.07, 6.45) is 6.89. The van der Waals surface area contributed by atoms with Crippen molar-refractivity contribution in [3.05, 3.63) is 90.3 Å². The number of nitrogens with one attached hydrogen (secondary N) is 1. The normalized spacial score (nSPS) is 14.3. The maximum absolute atomic E-state index is 13.8. The first-order chi connectivity index (χ1) is 18.5. The van der Waals surface area contributed by atoms with Gasteiger partial charge >= 0.3 is 0 Å². The van der Waals surface area contributed by atoms with Gasteiger partial charge in [-0.1, -0.05) is 12.8 Å². The second kappa shape index (κ2) is 11.2. The highest BCUT2D eigenvalue weighted by atomic mass is 19.1. The van der Waals surface area contributed by atoms with Crippen LogP contribution >= 0.6 is 0 Å². The van der Waals surface area contributed by atoms with Crippen LogP contribution in [0.25, 0.3) is 11.4 Å². The molecule has 38 heavy (non-hydrogen) atoms. The number of benzene rings is 2. The van der Waals surface area contributed by atoms with Crippen LogP contribution in [-0.2, 0) is 16.1 Å². The Morgan fingerprint density at radius 3 is 2.24 bits per heavy atom. The summed E-state index contributed by atoms with van der Waals surface area (Å²) in [6, 6.07) is 13.2. The van der Waals surface area contributed by atoms with Gasteiger partial charge < -0.3 is 5.32 Å². The van der Waals surface area contributed by atoms with E-state index in [4.69, 9.17) is 0 Å². The Kier molecular flexibility index (Phi) is 7.43. The molecule has 0 unspecified atom stereocenters. The second-order valence-electron chi connectivity index (χ2n) is 9.06. The second-order valence-corrected chi connectivity index (χ2v) is 9.06. The molecular weight excluding hydrogens is 492 g/mol. The summed E-state index contributed by atoms with van der Waals surface area (Å²) in [5.74, 6) is -1.51. The quantitative estimate of drug-likeness (QED) is 0.381. The van der Waals surface area contributed by atoms with Crippen molar-refractivity contribution in [2.45, 2.75) is 44.3 Å². The number of pyridine rings is 1. The highest BCUT2D eigenvalue weighted by Gasteiger charge is 2.34. The average Bonchev–Trinajstić information content (AvgIpc) is 3.61. The molecule has 0 radical (unpaired) electrons. The first kappa shape index (κ1) is 25.1. The molecule has 1 saturated carbocycles. The predicted octanol–water partition coefficient (Wildman–Crippen LogP) is 3.85. The Labute approximate surface area is 217 Å². The van der Waals surface area contributed by atoms with Crippen LogP contribution in [0.1, 0.15) is 37.3 Å². The van der Waals surface area contributed by atoms with Crippen molar-refractivity contribution in [1.82, 2.24) is 30.5 Å². The van der Waals surface area contributed by atoms with Gasteiger partial charge in [0.2, 0.25) is 11.7 Å².